The fourth-order valence-corrected chi connectivity index (χ4v) is 3.55. The maximum Gasteiger partial charge on any atom is 0.332 e. The number of nitrogens with one attached hydrogen (secondary N) is 2. The van der Waals surface area contributed by atoms with Gasteiger partial charge in [-0.2, -0.15) is 0 Å². The van der Waals surface area contributed by atoms with Crippen molar-refractivity contribution in [2.24, 2.45) is 0 Å². The van der Waals surface area contributed by atoms with Gasteiger partial charge in [-0.1, -0.05) is 30.0 Å². The van der Waals surface area contributed by atoms with Crippen molar-refractivity contribution in [3.05, 3.63) is 51.2 Å². The normalized spacial score (nSPS) is 12.3. The number of anilines is 1. The highest BCUT2D eigenvalue weighted by molar-refractivity contribution is 8.00. The van der Waals surface area contributed by atoms with Crippen LogP contribution in [-0.2, 0) is 17.9 Å². The number of nitrogens with zero attached hydrogens (tertiary/aromatic N) is 3. The maximum atomic E-state index is 12.5. The number of benzene rings is 1. The van der Waals surface area contributed by atoms with Crippen LogP contribution in [0.4, 0.5) is 5.69 Å². The molecule has 0 saturated carbocycles. The van der Waals surface area contributed by atoms with Crippen LogP contribution in [0.3, 0.4) is 0 Å². The first kappa shape index (κ1) is 19.0. The van der Waals surface area contributed by atoms with Gasteiger partial charge in [-0.15, -0.1) is 0 Å². The predicted octanol–water partition coefficient (Wildman–Crippen LogP) is 2.05. The van der Waals surface area contributed by atoms with Crippen LogP contribution in [0.1, 0.15) is 20.8 Å². The lowest BCUT2D eigenvalue weighted by molar-refractivity contribution is -0.115. The molecule has 3 rings (SSSR count). The molecule has 2 N–H and O–H groups in total. The Morgan fingerprint density at radius 1 is 1.19 bits per heavy atom. The lowest BCUT2D eigenvalue weighted by Gasteiger charge is -2.10. The van der Waals surface area contributed by atoms with E-state index in [4.69, 9.17) is 0 Å². The van der Waals surface area contributed by atoms with Crippen LogP contribution in [-0.4, -0.2) is 30.3 Å². The molecule has 9 heteroatoms. The molecule has 8 nitrogen and oxygen atoms in total. The molecular formula is C18H21N5O3S. The minimum atomic E-state index is -0.444. The van der Waals surface area contributed by atoms with Gasteiger partial charge < -0.3 is 10.3 Å². The highest BCUT2D eigenvalue weighted by atomic mass is 32.2. The van der Waals surface area contributed by atoms with Crippen molar-refractivity contribution in [1.29, 1.82) is 0 Å². The van der Waals surface area contributed by atoms with E-state index in [-0.39, 0.29) is 23.7 Å². The first-order valence-corrected chi connectivity index (χ1v) is 9.60. The molecule has 2 heterocycles. The summed E-state index contributed by atoms with van der Waals surface area (Å²) < 4.78 is 2.62. The summed E-state index contributed by atoms with van der Waals surface area (Å²) in [6, 6.07) is 9.18. The highest BCUT2D eigenvalue weighted by Gasteiger charge is 2.20. The smallest absolute Gasteiger partial charge is 0.327 e. The molecule has 27 heavy (non-hydrogen) atoms. The Labute approximate surface area is 159 Å². The summed E-state index contributed by atoms with van der Waals surface area (Å²) in [5, 5.41) is 2.82. The van der Waals surface area contributed by atoms with E-state index in [0.29, 0.717) is 23.0 Å². The fraction of sp³-hybridized carbons (Fsp3) is 0.333. The van der Waals surface area contributed by atoms with Crippen LogP contribution < -0.4 is 16.6 Å². The Kier molecular flexibility index (Phi) is 5.50. The first-order chi connectivity index (χ1) is 13.0. The number of thioether (sulfide) groups is 1. The molecule has 0 radical (unpaired) electrons. The van der Waals surface area contributed by atoms with Gasteiger partial charge in [-0.25, -0.2) is 9.78 Å². The number of H-pyrrole nitrogens is 1. The average molecular weight is 387 g/mol. The molecule has 3 aromatic rings. The second kappa shape index (κ2) is 7.83. The van der Waals surface area contributed by atoms with Gasteiger partial charge in [-0.05, 0) is 32.9 Å². The molecule has 0 fully saturated rings. The molecule has 1 aromatic carbocycles. The number of aryl methyl sites for hydroxylation is 1. The topological polar surface area (TPSA) is 102 Å². The van der Waals surface area contributed by atoms with Gasteiger partial charge >= 0.3 is 5.69 Å². The summed E-state index contributed by atoms with van der Waals surface area (Å²) in [5.41, 5.74) is 0.524. The lowest BCUT2D eigenvalue weighted by atomic mass is 10.3. The van der Waals surface area contributed by atoms with E-state index < -0.39 is 10.8 Å². The van der Waals surface area contributed by atoms with Crippen LogP contribution in [0.15, 0.2) is 45.1 Å². The summed E-state index contributed by atoms with van der Waals surface area (Å²) in [6.07, 6.45) is 0. The molecule has 0 bridgehead atoms. The summed E-state index contributed by atoms with van der Waals surface area (Å²) in [6.45, 7) is 6.01. The molecule has 1 amide bonds. The van der Waals surface area contributed by atoms with E-state index in [1.54, 1.807) is 13.8 Å². The minimum absolute atomic E-state index is 0.175. The number of aromatic nitrogens is 4. The summed E-state index contributed by atoms with van der Waals surface area (Å²) in [5.74, 6) is -0.175. The number of carbonyl (C=O) groups excluding carboxylic acids is 1. The van der Waals surface area contributed by atoms with Crippen LogP contribution >= 0.6 is 11.8 Å². The van der Waals surface area contributed by atoms with Gasteiger partial charge in [0.2, 0.25) is 5.91 Å². The number of hydrogen-bond donors (Lipinski definition) is 2. The number of hydrogen-bond acceptors (Lipinski definition) is 5. The second-order valence-electron chi connectivity index (χ2n) is 5.93. The molecule has 0 saturated heterocycles. The van der Waals surface area contributed by atoms with Crippen molar-refractivity contribution < 1.29 is 4.79 Å². The zero-order chi connectivity index (χ0) is 19.6. The van der Waals surface area contributed by atoms with Crippen molar-refractivity contribution in [3.63, 3.8) is 0 Å². The molecule has 0 aliphatic carbocycles. The predicted molar refractivity (Wildman–Crippen MR) is 106 cm³/mol. The molecular weight excluding hydrogens is 366 g/mol. The van der Waals surface area contributed by atoms with Crippen LogP contribution in [0.2, 0.25) is 0 Å². The highest BCUT2D eigenvalue weighted by Crippen LogP contribution is 2.23. The zero-order valence-corrected chi connectivity index (χ0v) is 16.2. The number of fused-ring (bicyclic) bond motifs is 1. The second-order valence-corrected chi connectivity index (χ2v) is 7.26. The van der Waals surface area contributed by atoms with E-state index >= 15 is 0 Å². The Balaban J connectivity index is 1.89. The third-order valence-corrected chi connectivity index (χ3v) is 5.16. The third-order valence-electron chi connectivity index (χ3n) is 4.17. The van der Waals surface area contributed by atoms with Gasteiger partial charge in [0.25, 0.3) is 5.56 Å². The third kappa shape index (κ3) is 3.68. The van der Waals surface area contributed by atoms with E-state index in [0.717, 1.165) is 0 Å². The molecule has 1 unspecified atom stereocenters. The summed E-state index contributed by atoms with van der Waals surface area (Å²) in [7, 11) is 0. The first-order valence-electron chi connectivity index (χ1n) is 8.72. The Bertz CT molecular complexity index is 1080. The Morgan fingerprint density at radius 2 is 1.85 bits per heavy atom. The molecule has 142 valence electrons. The van der Waals surface area contributed by atoms with E-state index in [1.165, 1.54) is 20.9 Å². The summed E-state index contributed by atoms with van der Waals surface area (Å²) in [4.78, 5) is 44.7. The molecule has 0 spiro atoms. The van der Waals surface area contributed by atoms with Crippen LogP contribution in [0.25, 0.3) is 11.2 Å². The number of para-hydroxylation sites is 1. The largest absolute Gasteiger partial charge is 0.332 e. The van der Waals surface area contributed by atoms with Crippen molar-refractivity contribution in [2.45, 2.75) is 44.3 Å². The fourth-order valence-electron chi connectivity index (χ4n) is 2.75. The van der Waals surface area contributed by atoms with Crippen molar-refractivity contribution in [1.82, 2.24) is 19.1 Å². The van der Waals surface area contributed by atoms with Crippen molar-refractivity contribution >= 4 is 34.5 Å². The standard InChI is InChI=1S/C18H21N5O3S/c1-4-22-14-13(16(25)23(5-2)18(22)26)20-17(21-14)27-11(3)15(24)19-12-9-7-6-8-10-12/h6-11H,4-5H2,1-3H3,(H,19,24)(H,20,21). The minimum Gasteiger partial charge on any atom is -0.327 e. The van der Waals surface area contributed by atoms with Gasteiger partial charge in [0, 0.05) is 18.8 Å². The van der Waals surface area contributed by atoms with Crippen LogP contribution in [0.5, 0.6) is 0 Å². The number of amides is 1. The van der Waals surface area contributed by atoms with E-state index in [1.807, 2.05) is 37.3 Å². The summed E-state index contributed by atoms with van der Waals surface area (Å²) >= 11 is 1.20. The number of rotatable bonds is 6. The van der Waals surface area contributed by atoms with E-state index in [2.05, 4.69) is 15.3 Å². The Hall–Kier alpha value is -2.81. The zero-order valence-electron chi connectivity index (χ0n) is 15.4. The van der Waals surface area contributed by atoms with Gasteiger partial charge in [0.15, 0.2) is 16.3 Å². The SMILES string of the molecule is CCn1c(=O)c2[nH]c(SC(C)C(=O)Nc3ccccc3)nc2n(CC)c1=O. The Morgan fingerprint density at radius 3 is 2.48 bits per heavy atom. The number of carbonyl (C=O) groups is 1. The van der Waals surface area contributed by atoms with Crippen molar-refractivity contribution in [2.75, 3.05) is 5.32 Å². The monoisotopic (exact) mass is 387 g/mol. The molecule has 1 atom stereocenters. The van der Waals surface area contributed by atoms with Gasteiger partial charge in [0.05, 0.1) is 5.25 Å². The van der Waals surface area contributed by atoms with Crippen LogP contribution in [0, 0.1) is 0 Å². The lowest BCUT2D eigenvalue weighted by Crippen LogP contribution is -2.39. The number of aromatic amines is 1. The number of imidazole rings is 1. The molecule has 0 aliphatic rings. The average Bonchev–Trinajstić information content (AvgIpc) is 3.07. The van der Waals surface area contributed by atoms with Gasteiger partial charge in [-0.3, -0.25) is 18.7 Å². The van der Waals surface area contributed by atoms with E-state index in [9.17, 15) is 14.4 Å². The maximum absolute atomic E-state index is 12.5. The molecule has 2 aromatic heterocycles. The van der Waals surface area contributed by atoms with Gasteiger partial charge in [0.1, 0.15) is 0 Å². The van der Waals surface area contributed by atoms with Crippen molar-refractivity contribution in [3.8, 4) is 0 Å². The molecule has 0 aliphatic heterocycles. The quantitative estimate of drug-likeness (QED) is 0.630.